The van der Waals surface area contributed by atoms with Gasteiger partial charge in [0, 0.05) is 0 Å². The number of rotatable bonds is 7. The zero-order valence-corrected chi connectivity index (χ0v) is 24.7. The number of amides is 2. The predicted octanol–water partition coefficient (Wildman–Crippen LogP) is 3.92. The molecule has 2 heterocycles. The van der Waals surface area contributed by atoms with Crippen molar-refractivity contribution >= 4 is 29.9 Å². The first-order chi connectivity index (χ1) is 17.8. The van der Waals surface area contributed by atoms with Gasteiger partial charge in [-0.05, 0) is 74.8 Å². The Bertz CT molecular complexity index is 982. The lowest BCUT2D eigenvalue weighted by molar-refractivity contribution is -0.259. The van der Waals surface area contributed by atoms with Crippen LogP contribution in [0.25, 0.3) is 0 Å². The maximum atomic E-state index is 13.1. The zero-order valence-electron chi connectivity index (χ0n) is 24.7. The Labute approximate surface area is 230 Å². The lowest BCUT2D eigenvalue weighted by Crippen LogP contribution is -2.64. The van der Waals surface area contributed by atoms with Gasteiger partial charge < -0.3 is 23.7 Å². The van der Waals surface area contributed by atoms with Crippen LogP contribution in [0.15, 0.2) is 12.2 Å². The van der Waals surface area contributed by atoms with Gasteiger partial charge in [0.25, 0.3) is 5.91 Å². The van der Waals surface area contributed by atoms with Crippen LogP contribution in [0.1, 0.15) is 82.1 Å². The minimum absolute atomic E-state index is 0.382. The predicted molar refractivity (Wildman–Crippen MR) is 139 cm³/mol. The highest BCUT2D eigenvalue weighted by Gasteiger charge is 2.61. The summed E-state index contributed by atoms with van der Waals surface area (Å²) < 4.78 is 28.5. The van der Waals surface area contributed by atoms with Crippen molar-refractivity contribution in [3.63, 3.8) is 0 Å². The molecule has 0 bridgehead atoms. The molecule has 2 saturated heterocycles. The molecule has 2 amide bonds. The Morgan fingerprint density at radius 1 is 0.846 bits per heavy atom. The van der Waals surface area contributed by atoms with Gasteiger partial charge in [-0.1, -0.05) is 19.4 Å². The van der Waals surface area contributed by atoms with Crippen molar-refractivity contribution in [2.45, 2.75) is 113 Å². The Morgan fingerprint density at radius 3 is 1.85 bits per heavy atom. The first-order valence-electron chi connectivity index (χ1n) is 13.2. The lowest BCUT2D eigenvalue weighted by Gasteiger charge is -2.43. The summed E-state index contributed by atoms with van der Waals surface area (Å²) >= 11 is 0. The SMILES string of the molecule is CCC/C=C/C(=O)N1C(=O)O[C@H]2O[C@H](COC(=O)C(C)(C)C)[C@H](OC(=O)C(C)(C)C)[C@H](OC(=O)C(C)(C)C)[C@H]21. The number of nitrogens with zero attached hydrogens (tertiary/aromatic N) is 1. The van der Waals surface area contributed by atoms with Crippen LogP contribution >= 0.6 is 0 Å². The van der Waals surface area contributed by atoms with Crippen molar-refractivity contribution in [2.24, 2.45) is 16.2 Å². The Morgan fingerprint density at radius 2 is 1.36 bits per heavy atom. The van der Waals surface area contributed by atoms with Gasteiger partial charge in [0.15, 0.2) is 12.2 Å². The van der Waals surface area contributed by atoms with E-state index in [4.69, 9.17) is 23.7 Å². The third kappa shape index (κ3) is 8.03. The molecule has 0 saturated carbocycles. The number of imide groups is 1. The smallest absolute Gasteiger partial charge is 0.419 e. The van der Waals surface area contributed by atoms with E-state index in [1.807, 2.05) is 6.92 Å². The van der Waals surface area contributed by atoms with Gasteiger partial charge in [0.2, 0.25) is 6.29 Å². The van der Waals surface area contributed by atoms with E-state index in [-0.39, 0.29) is 6.61 Å². The Kier molecular flexibility index (Phi) is 9.98. The van der Waals surface area contributed by atoms with E-state index in [1.54, 1.807) is 68.4 Å². The summed E-state index contributed by atoms with van der Waals surface area (Å²) in [5.74, 6) is -2.55. The molecular weight excluding hydrogens is 510 g/mol. The van der Waals surface area contributed by atoms with Crippen LogP contribution in [-0.2, 0) is 42.9 Å². The second kappa shape index (κ2) is 12.1. The number of unbranched alkanes of at least 4 members (excludes halogenated alkanes) is 1. The average Bonchev–Trinajstić information content (AvgIpc) is 3.12. The molecule has 2 rings (SSSR count). The molecular formula is C28H43NO10. The minimum atomic E-state index is -1.37. The summed E-state index contributed by atoms with van der Waals surface area (Å²) in [5, 5.41) is 0. The molecule has 220 valence electrons. The molecule has 5 atom stereocenters. The van der Waals surface area contributed by atoms with Gasteiger partial charge in [-0.25, -0.2) is 9.69 Å². The molecule has 0 N–H and O–H groups in total. The van der Waals surface area contributed by atoms with Crippen LogP contribution in [0.2, 0.25) is 0 Å². The largest absolute Gasteiger partial charge is 0.462 e. The van der Waals surface area contributed by atoms with E-state index >= 15 is 0 Å². The van der Waals surface area contributed by atoms with Crippen LogP contribution in [0.4, 0.5) is 4.79 Å². The van der Waals surface area contributed by atoms with Gasteiger partial charge in [0.1, 0.15) is 18.8 Å². The first kappa shape index (κ1) is 32.3. The van der Waals surface area contributed by atoms with Gasteiger partial charge in [-0.2, -0.15) is 0 Å². The van der Waals surface area contributed by atoms with E-state index in [0.29, 0.717) is 6.42 Å². The number of hydrogen-bond donors (Lipinski definition) is 0. The molecule has 0 aromatic rings. The number of carbonyl (C=O) groups is 5. The molecule has 2 fully saturated rings. The van der Waals surface area contributed by atoms with Gasteiger partial charge in [-0.15, -0.1) is 0 Å². The van der Waals surface area contributed by atoms with Crippen LogP contribution in [-0.4, -0.2) is 72.1 Å². The fraction of sp³-hybridized carbons (Fsp3) is 0.750. The third-order valence-electron chi connectivity index (χ3n) is 5.98. The number of carbonyl (C=O) groups excluding carboxylic acids is 5. The van der Waals surface area contributed by atoms with E-state index in [0.717, 1.165) is 11.3 Å². The summed E-state index contributed by atoms with van der Waals surface area (Å²) in [7, 11) is 0. The van der Waals surface area contributed by atoms with Gasteiger partial charge in [-0.3, -0.25) is 19.2 Å². The van der Waals surface area contributed by atoms with Crippen LogP contribution in [0, 0.1) is 16.2 Å². The number of allylic oxidation sites excluding steroid dienone is 1. The monoisotopic (exact) mass is 553 g/mol. The average molecular weight is 554 g/mol. The molecule has 0 aromatic carbocycles. The molecule has 0 radical (unpaired) electrons. The second-order valence-corrected chi connectivity index (χ2v) is 12.9. The fourth-order valence-corrected chi connectivity index (χ4v) is 3.59. The standard InChI is InChI=1S/C28H43NO10/c1-11-12-13-14-17(30)29-18-20(38-24(33)28(8,9)10)19(37-23(32)27(5,6)7)16(36-21(18)39-25(29)34)15-35-22(31)26(2,3)4/h13-14,16,18-21H,11-12,15H2,1-10H3/b14-13+/t16-,18-,19+,20-,21-/m1/s1. The fourth-order valence-electron chi connectivity index (χ4n) is 3.59. The van der Waals surface area contributed by atoms with Crippen molar-refractivity contribution in [1.82, 2.24) is 4.90 Å². The quantitative estimate of drug-likeness (QED) is 0.259. The molecule has 0 aliphatic carbocycles. The molecule has 11 nitrogen and oxygen atoms in total. The number of hydrogen-bond acceptors (Lipinski definition) is 10. The van der Waals surface area contributed by atoms with Crippen molar-refractivity contribution < 1.29 is 47.7 Å². The lowest BCUT2D eigenvalue weighted by atomic mass is 9.92. The van der Waals surface area contributed by atoms with E-state index in [1.165, 1.54) is 6.08 Å². The highest BCUT2D eigenvalue weighted by atomic mass is 16.7. The first-order valence-corrected chi connectivity index (χ1v) is 13.2. The van der Waals surface area contributed by atoms with Gasteiger partial charge >= 0.3 is 24.0 Å². The van der Waals surface area contributed by atoms with Crippen molar-refractivity contribution in [1.29, 1.82) is 0 Å². The normalized spacial score (nSPS) is 25.6. The summed E-state index contributed by atoms with van der Waals surface area (Å²) in [6, 6.07) is -1.25. The molecule has 39 heavy (non-hydrogen) atoms. The van der Waals surface area contributed by atoms with E-state index in [2.05, 4.69) is 0 Å². The van der Waals surface area contributed by atoms with Crippen molar-refractivity contribution in [3.8, 4) is 0 Å². The van der Waals surface area contributed by atoms with Gasteiger partial charge in [0.05, 0.1) is 16.2 Å². The minimum Gasteiger partial charge on any atom is -0.462 e. The Hall–Kier alpha value is -2.95. The molecule has 2 aliphatic heterocycles. The topological polar surface area (TPSA) is 135 Å². The summed E-state index contributed by atoms with van der Waals surface area (Å²) in [5.41, 5.74) is -2.76. The summed E-state index contributed by atoms with van der Waals surface area (Å²) in [4.78, 5) is 65.4. The van der Waals surface area contributed by atoms with Crippen molar-refractivity contribution in [2.75, 3.05) is 6.61 Å². The molecule has 11 heteroatoms. The summed E-state index contributed by atoms with van der Waals surface area (Å²) in [6.07, 6.45) is -1.97. The zero-order chi connectivity index (χ0) is 29.9. The maximum absolute atomic E-state index is 13.1. The number of esters is 3. The Balaban J connectivity index is 2.57. The van der Waals surface area contributed by atoms with E-state index in [9.17, 15) is 24.0 Å². The van der Waals surface area contributed by atoms with Crippen LogP contribution in [0.5, 0.6) is 0 Å². The molecule has 2 aliphatic rings. The van der Waals surface area contributed by atoms with Crippen molar-refractivity contribution in [3.05, 3.63) is 12.2 Å². The number of fused-ring (bicyclic) bond motifs is 1. The van der Waals surface area contributed by atoms with Crippen LogP contribution < -0.4 is 0 Å². The number of ether oxygens (including phenoxy) is 5. The highest BCUT2D eigenvalue weighted by Crippen LogP contribution is 2.37. The summed E-state index contributed by atoms with van der Waals surface area (Å²) in [6.45, 7) is 16.4. The third-order valence-corrected chi connectivity index (χ3v) is 5.98. The molecule has 0 spiro atoms. The van der Waals surface area contributed by atoms with E-state index < -0.39 is 76.8 Å². The maximum Gasteiger partial charge on any atom is 0.419 e. The second-order valence-electron chi connectivity index (χ2n) is 12.9. The molecule has 0 unspecified atom stereocenters. The van der Waals surface area contributed by atoms with Crippen LogP contribution in [0.3, 0.4) is 0 Å². The highest BCUT2D eigenvalue weighted by molar-refractivity contribution is 6.00. The molecule has 0 aromatic heterocycles.